The summed E-state index contributed by atoms with van der Waals surface area (Å²) < 4.78 is 10.2. The summed E-state index contributed by atoms with van der Waals surface area (Å²) in [5.41, 5.74) is 0.900. The molecule has 2 rings (SSSR count). The lowest BCUT2D eigenvalue weighted by Gasteiger charge is -2.15. The smallest absolute Gasteiger partial charge is 0.371 e. The van der Waals surface area contributed by atoms with E-state index in [1.165, 1.54) is 12.1 Å². The monoisotopic (exact) mass is 317 g/mol. The molecule has 1 atom stereocenters. The van der Waals surface area contributed by atoms with Crippen LogP contribution in [0.25, 0.3) is 0 Å². The van der Waals surface area contributed by atoms with Crippen molar-refractivity contribution in [2.45, 2.75) is 25.8 Å². The number of amides is 1. The van der Waals surface area contributed by atoms with Gasteiger partial charge in [0.25, 0.3) is 0 Å². The second-order valence-corrected chi connectivity index (χ2v) is 5.02. The highest BCUT2D eigenvalue weighted by molar-refractivity contribution is 5.84. The molecule has 1 unspecified atom stereocenters. The van der Waals surface area contributed by atoms with E-state index in [1.54, 1.807) is 7.11 Å². The van der Waals surface area contributed by atoms with Crippen LogP contribution in [0.2, 0.25) is 0 Å². The number of ether oxygens (including phenoxy) is 1. The molecule has 23 heavy (non-hydrogen) atoms. The van der Waals surface area contributed by atoms with Crippen LogP contribution >= 0.6 is 0 Å². The van der Waals surface area contributed by atoms with Gasteiger partial charge in [0.05, 0.1) is 19.6 Å². The highest BCUT2D eigenvalue weighted by atomic mass is 16.5. The van der Waals surface area contributed by atoms with Gasteiger partial charge in [0, 0.05) is 0 Å². The fourth-order valence-electron chi connectivity index (χ4n) is 2.29. The van der Waals surface area contributed by atoms with Crippen LogP contribution in [0.5, 0.6) is 5.75 Å². The van der Waals surface area contributed by atoms with Crippen LogP contribution in [-0.4, -0.2) is 24.1 Å². The molecular formula is C17H19NO5. The number of hydrogen-bond donors (Lipinski definition) is 2. The third-order valence-electron chi connectivity index (χ3n) is 3.55. The maximum absolute atomic E-state index is 12.3. The predicted octanol–water partition coefficient (Wildman–Crippen LogP) is 2.80. The third-order valence-corrected chi connectivity index (χ3v) is 3.55. The second kappa shape index (κ2) is 7.49. The zero-order valence-electron chi connectivity index (χ0n) is 13.0. The van der Waals surface area contributed by atoms with Crippen LogP contribution in [-0.2, 0) is 11.3 Å². The van der Waals surface area contributed by atoms with E-state index in [1.807, 2.05) is 31.2 Å². The Morgan fingerprint density at radius 2 is 1.91 bits per heavy atom. The maximum Gasteiger partial charge on any atom is 0.371 e. The van der Waals surface area contributed by atoms with Crippen LogP contribution in [0.15, 0.2) is 40.8 Å². The number of carbonyl (C=O) groups is 2. The van der Waals surface area contributed by atoms with Gasteiger partial charge >= 0.3 is 5.97 Å². The van der Waals surface area contributed by atoms with E-state index in [2.05, 4.69) is 5.32 Å². The van der Waals surface area contributed by atoms with Crippen molar-refractivity contribution in [3.8, 4) is 5.75 Å². The van der Waals surface area contributed by atoms with E-state index in [4.69, 9.17) is 14.3 Å². The Morgan fingerprint density at radius 3 is 2.43 bits per heavy atom. The molecule has 0 radical (unpaired) electrons. The number of benzene rings is 1. The van der Waals surface area contributed by atoms with Gasteiger partial charge < -0.3 is 19.6 Å². The number of aromatic carboxylic acids is 1. The molecule has 0 spiro atoms. The van der Waals surface area contributed by atoms with E-state index in [0.717, 1.165) is 11.3 Å². The Hall–Kier alpha value is -2.76. The number of carbonyl (C=O) groups excluding carboxylic acids is 1. The molecule has 0 bridgehead atoms. The number of hydrogen-bond acceptors (Lipinski definition) is 4. The molecule has 1 heterocycles. The van der Waals surface area contributed by atoms with Gasteiger partial charge in [0.1, 0.15) is 11.5 Å². The molecule has 0 saturated heterocycles. The Kier molecular flexibility index (Phi) is 5.41. The van der Waals surface area contributed by atoms with Crippen LogP contribution in [0.4, 0.5) is 0 Å². The lowest BCUT2D eigenvalue weighted by atomic mass is 9.95. The summed E-state index contributed by atoms with van der Waals surface area (Å²) in [6, 6.07) is 10.3. The van der Waals surface area contributed by atoms with E-state index in [-0.39, 0.29) is 24.1 Å². The van der Waals surface area contributed by atoms with E-state index >= 15 is 0 Å². The number of nitrogens with one attached hydrogen (secondary N) is 1. The first-order valence-electron chi connectivity index (χ1n) is 7.28. The van der Waals surface area contributed by atoms with Crippen molar-refractivity contribution in [1.29, 1.82) is 0 Å². The third kappa shape index (κ3) is 4.12. The zero-order chi connectivity index (χ0) is 16.8. The van der Waals surface area contributed by atoms with Gasteiger partial charge in [0.15, 0.2) is 0 Å². The average Bonchev–Trinajstić information content (AvgIpc) is 3.03. The average molecular weight is 317 g/mol. The fourth-order valence-corrected chi connectivity index (χ4v) is 2.29. The lowest BCUT2D eigenvalue weighted by molar-refractivity contribution is -0.122. The van der Waals surface area contributed by atoms with Crippen molar-refractivity contribution in [1.82, 2.24) is 5.32 Å². The minimum absolute atomic E-state index is 0.133. The fraction of sp³-hybridized carbons (Fsp3) is 0.294. The standard InChI is InChI=1S/C17H19NO5/c1-3-14(11-4-6-12(22-2)7-5-11)16(19)18-10-13-8-9-15(23-13)17(20)21/h4-9,14H,3,10H2,1-2H3,(H,18,19)(H,20,21). The Labute approximate surface area is 134 Å². The molecule has 1 amide bonds. The molecule has 6 heteroatoms. The highest BCUT2D eigenvalue weighted by Gasteiger charge is 2.19. The van der Waals surface area contributed by atoms with Crippen molar-refractivity contribution in [3.05, 3.63) is 53.5 Å². The predicted molar refractivity (Wildman–Crippen MR) is 83.5 cm³/mol. The first kappa shape index (κ1) is 16.6. The Balaban J connectivity index is 1.99. The summed E-state index contributed by atoms with van der Waals surface area (Å²) in [7, 11) is 1.59. The summed E-state index contributed by atoms with van der Waals surface area (Å²) in [5, 5.41) is 11.6. The second-order valence-electron chi connectivity index (χ2n) is 5.02. The molecule has 2 aromatic rings. The maximum atomic E-state index is 12.3. The van der Waals surface area contributed by atoms with Crippen LogP contribution in [0, 0.1) is 0 Å². The molecule has 0 fully saturated rings. The number of carboxylic acids is 1. The summed E-state index contributed by atoms with van der Waals surface area (Å²) in [6.45, 7) is 2.09. The van der Waals surface area contributed by atoms with Crippen molar-refractivity contribution < 1.29 is 23.8 Å². The van der Waals surface area contributed by atoms with Gasteiger partial charge in [-0.2, -0.15) is 0 Å². The topological polar surface area (TPSA) is 88.8 Å². The largest absolute Gasteiger partial charge is 0.497 e. The molecule has 6 nitrogen and oxygen atoms in total. The normalized spacial score (nSPS) is 11.7. The lowest BCUT2D eigenvalue weighted by Crippen LogP contribution is -2.28. The minimum Gasteiger partial charge on any atom is -0.497 e. The Bertz CT molecular complexity index is 675. The number of furan rings is 1. The van der Waals surface area contributed by atoms with Gasteiger partial charge in [0.2, 0.25) is 11.7 Å². The first-order valence-corrected chi connectivity index (χ1v) is 7.28. The molecule has 0 aliphatic heterocycles. The zero-order valence-corrected chi connectivity index (χ0v) is 13.0. The van der Waals surface area contributed by atoms with Gasteiger partial charge in [-0.25, -0.2) is 4.79 Å². The molecule has 0 aliphatic rings. The van der Waals surface area contributed by atoms with Crippen molar-refractivity contribution in [3.63, 3.8) is 0 Å². The molecule has 2 N–H and O–H groups in total. The molecule has 0 aliphatic carbocycles. The van der Waals surface area contributed by atoms with Crippen molar-refractivity contribution in [2.24, 2.45) is 0 Å². The number of rotatable bonds is 7. The summed E-state index contributed by atoms with van der Waals surface area (Å²) in [6.07, 6.45) is 0.649. The van der Waals surface area contributed by atoms with E-state index in [0.29, 0.717) is 12.2 Å². The van der Waals surface area contributed by atoms with Gasteiger partial charge in [-0.15, -0.1) is 0 Å². The molecule has 1 aromatic heterocycles. The van der Waals surface area contributed by atoms with Crippen LogP contribution in [0.1, 0.15) is 41.1 Å². The van der Waals surface area contributed by atoms with Crippen molar-refractivity contribution in [2.75, 3.05) is 7.11 Å². The SMILES string of the molecule is CCC(C(=O)NCc1ccc(C(=O)O)o1)c1ccc(OC)cc1. The van der Waals surface area contributed by atoms with Gasteiger partial charge in [-0.3, -0.25) is 4.79 Å². The van der Waals surface area contributed by atoms with Gasteiger partial charge in [-0.1, -0.05) is 19.1 Å². The molecule has 122 valence electrons. The highest BCUT2D eigenvalue weighted by Crippen LogP contribution is 2.22. The van der Waals surface area contributed by atoms with E-state index in [9.17, 15) is 9.59 Å². The van der Waals surface area contributed by atoms with Crippen LogP contribution in [0.3, 0.4) is 0 Å². The van der Waals surface area contributed by atoms with Gasteiger partial charge in [-0.05, 0) is 36.2 Å². The summed E-state index contributed by atoms with van der Waals surface area (Å²) >= 11 is 0. The van der Waals surface area contributed by atoms with Crippen LogP contribution < -0.4 is 10.1 Å². The van der Waals surface area contributed by atoms with E-state index < -0.39 is 5.97 Å². The molecule has 0 saturated carbocycles. The number of methoxy groups -OCH3 is 1. The van der Waals surface area contributed by atoms with Crippen molar-refractivity contribution >= 4 is 11.9 Å². The quantitative estimate of drug-likeness (QED) is 0.819. The minimum atomic E-state index is -1.13. The first-order chi connectivity index (χ1) is 11.0. The molecule has 1 aromatic carbocycles. The summed E-state index contributed by atoms with van der Waals surface area (Å²) in [4.78, 5) is 23.1. The summed E-state index contributed by atoms with van der Waals surface area (Å²) in [5.74, 6) is -0.550. The Morgan fingerprint density at radius 1 is 1.22 bits per heavy atom. The molecular weight excluding hydrogens is 298 g/mol. The number of carboxylic acid groups (broad SMARTS) is 1.